The summed E-state index contributed by atoms with van der Waals surface area (Å²) < 4.78 is 49.0. The van der Waals surface area contributed by atoms with Crippen molar-refractivity contribution < 1.29 is 32.2 Å². The summed E-state index contributed by atoms with van der Waals surface area (Å²) in [5.74, 6) is -0.943. The molecule has 3 rings (SSSR count). The molecular formula is C27H34F3N5O4. The van der Waals surface area contributed by atoms with Gasteiger partial charge in [0.25, 0.3) is 5.91 Å². The summed E-state index contributed by atoms with van der Waals surface area (Å²) in [7, 11) is 1.49. The zero-order chi connectivity index (χ0) is 28.4. The van der Waals surface area contributed by atoms with Crippen LogP contribution >= 0.6 is 0 Å². The SMILES string of the molecule is CN/C(=C\c1cccc(OC(F)(F)F)c1)C(=O)N/C(C=O)=C\c1ncn(CCCN2CCOCC2)c1C(C)C. The minimum Gasteiger partial charge on any atom is -0.406 e. The third-order valence-corrected chi connectivity index (χ3v) is 6.03. The van der Waals surface area contributed by atoms with E-state index in [-0.39, 0.29) is 17.3 Å². The number of allylic oxidation sites excluding steroid dienone is 1. The van der Waals surface area contributed by atoms with Gasteiger partial charge in [-0.05, 0) is 42.2 Å². The summed E-state index contributed by atoms with van der Waals surface area (Å²) in [6.07, 6.45) is 1.22. The average Bonchev–Trinajstić information content (AvgIpc) is 3.29. The van der Waals surface area contributed by atoms with E-state index in [0.29, 0.717) is 17.5 Å². The van der Waals surface area contributed by atoms with Crippen molar-refractivity contribution in [3.63, 3.8) is 0 Å². The number of ether oxygens (including phenoxy) is 2. The van der Waals surface area contributed by atoms with Gasteiger partial charge in [0.2, 0.25) is 0 Å². The first-order valence-electron chi connectivity index (χ1n) is 12.7. The summed E-state index contributed by atoms with van der Waals surface area (Å²) in [5.41, 5.74) is 1.84. The highest BCUT2D eigenvalue weighted by molar-refractivity contribution is 6.01. The topological polar surface area (TPSA) is 97.7 Å². The number of carbonyl (C=O) groups excluding carboxylic acids is 2. The van der Waals surface area contributed by atoms with Gasteiger partial charge in [-0.3, -0.25) is 14.5 Å². The summed E-state index contributed by atoms with van der Waals surface area (Å²) in [4.78, 5) is 31.5. The van der Waals surface area contributed by atoms with Crippen molar-refractivity contribution in [2.45, 2.75) is 39.1 Å². The second-order valence-corrected chi connectivity index (χ2v) is 9.27. The van der Waals surface area contributed by atoms with E-state index in [9.17, 15) is 22.8 Å². The maximum atomic E-state index is 12.9. The number of aldehydes is 1. The summed E-state index contributed by atoms with van der Waals surface area (Å²) >= 11 is 0. The maximum absolute atomic E-state index is 12.9. The number of imidazole rings is 1. The van der Waals surface area contributed by atoms with Crippen molar-refractivity contribution in [3.05, 3.63) is 58.9 Å². The lowest BCUT2D eigenvalue weighted by Gasteiger charge is -2.26. The van der Waals surface area contributed by atoms with Gasteiger partial charge >= 0.3 is 6.36 Å². The Hall–Kier alpha value is -3.64. The fourth-order valence-electron chi connectivity index (χ4n) is 4.28. The van der Waals surface area contributed by atoms with Crippen molar-refractivity contribution in [3.8, 4) is 5.75 Å². The predicted octanol–water partition coefficient (Wildman–Crippen LogP) is 3.54. The minimum absolute atomic E-state index is 0.00391. The molecule has 0 bridgehead atoms. The van der Waals surface area contributed by atoms with Crippen LogP contribution < -0.4 is 15.4 Å². The molecule has 1 fully saturated rings. The third kappa shape index (κ3) is 9.25. The van der Waals surface area contributed by atoms with Crippen LogP contribution in [0.2, 0.25) is 0 Å². The molecular weight excluding hydrogens is 515 g/mol. The molecule has 0 atom stereocenters. The van der Waals surface area contributed by atoms with Crippen LogP contribution in [0.15, 0.2) is 42.0 Å². The van der Waals surface area contributed by atoms with Crippen LogP contribution in [0, 0.1) is 0 Å². The number of aryl methyl sites for hydroxylation is 1. The first-order chi connectivity index (χ1) is 18.6. The molecule has 1 amide bonds. The van der Waals surface area contributed by atoms with Gasteiger partial charge < -0.3 is 24.7 Å². The highest BCUT2D eigenvalue weighted by Gasteiger charge is 2.31. The molecule has 0 unspecified atom stereocenters. The van der Waals surface area contributed by atoms with Gasteiger partial charge in [0.05, 0.1) is 30.9 Å². The van der Waals surface area contributed by atoms with Gasteiger partial charge in [-0.25, -0.2) is 4.98 Å². The molecule has 0 radical (unpaired) electrons. The van der Waals surface area contributed by atoms with Crippen molar-refractivity contribution in [1.29, 1.82) is 0 Å². The van der Waals surface area contributed by atoms with Gasteiger partial charge in [-0.2, -0.15) is 0 Å². The molecule has 0 spiro atoms. The summed E-state index contributed by atoms with van der Waals surface area (Å²) in [5, 5.41) is 5.25. The Morgan fingerprint density at radius 3 is 2.59 bits per heavy atom. The summed E-state index contributed by atoms with van der Waals surface area (Å²) in [6, 6.07) is 5.20. The second-order valence-electron chi connectivity index (χ2n) is 9.27. The summed E-state index contributed by atoms with van der Waals surface area (Å²) in [6.45, 7) is 9.12. The Balaban J connectivity index is 1.72. The number of aromatic nitrogens is 2. The van der Waals surface area contributed by atoms with E-state index < -0.39 is 18.0 Å². The number of hydrogen-bond donors (Lipinski definition) is 2. The number of hydrogen-bond acceptors (Lipinski definition) is 7. The second kappa shape index (κ2) is 13.9. The molecule has 1 aliphatic rings. The lowest BCUT2D eigenvalue weighted by atomic mass is 10.1. The Morgan fingerprint density at radius 2 is 1.95 bits per heavy atom. The van der Waals surface area contributed by atoms with Crippen LogP contribution in [0.3, 0.4) is 0 Å². The number of likely N-dealkylation sites (N-methyl/N-ethyl adjacent to an activating group) is 1. The number of amides is 1. The maximum Gasteiger partial charge on any atom is 0.573 e. The van der Waals surface area contributed by atoms with E-state index >= 15 is 0 Å². The molecule has 1 saturated heterocycles. The highest BCUT2D eigenvalue weighted by atomic mass is 19.4. The van der Waals surface area contributed by atoms with E-state index in [1.807, 2.05) is 13.8 Å². The van der Waals surface area contributed by atoms with Gasteiger partial charge in [0.1, 0.15) is 11.4 Å². The molecule has 1 aliphatic heterocycles. The predicted molar refractivity (Wildman–Crippen MR) is 141 cm³/mol. The van der Waals surface area contributed by atoms with E-state index in [1.54, 1.807) is 6.33 Å². The fraction of sp³-hybridized carbons (Fsp3) is 0.444. The van der Waals surface area contributed by atoms with Gasteiger partial charge in [0.15, 0.2) is 6.29 Å². The number of halogens is 3. The van der Waals surface area contributed by atoms with Crippen LogP contribution in [0.4, 0.5) is 13.2 Å². The Labute approximate surface area is 225 Å². The number of rotatable bonds is 12. The molecule has 0 saturated carbocycles. The number of carbonyl (C=O) groups is 2. The van der Waals surface area contributed by atoms with E-state index in [0.717, 1.165) is 63.6 Å². The smallest absolute Gasteiger partial charge is 0.406 e. The number of alkyl halides is 3. The van der Waals surface area contributed by atoms with E-state index in [1.165, 1.54) is 31.3 Å². The van der Waals surface area contributed by atoms with Gasteiger partial charge in [-0.1, -0.05) is 26.0 Å². The lowest BCUT2D eigenvalue weighted by molar-refractivity contribution is -0.274. The molecule has 12 heteroatoms. The monoisotopic (exact) mass is 549 g/mol. The third-order valence-electron chi connectivity index (χ3n) is 6.03. The van der Waals surface area contributed by atoms with Crippen LogP contribution in [0.25, 0.3) is 12.2 Å². The van der Waals surface area contributed by atoms with Crippen molar-refractivity contribution in [1.82, 2.24) is 25.1 Å². The van der Waals surface area contributed by atoms with Crippen LogP contribution in [-0.2, 0) is 20.9 Å². The lowest BCUT2D eigenvalue weighted by Crippen LogP contribution is -2.37. The number of nitrogens with one attached hydrogen (secondary N) is 2. The quantitative estimate of drug-likeness (QED) is 0.309. The molecule has 0 aliphatic carbocycles. The molecule has 2 N–H and O–H groups in total. The van der Waals surface area contributed by atoms with E-state index in [4.69, 9.17) is 4.74 Å². The molecule has 212 valence electrons. The van der Waals surface area contributed by atoms with Crippen LogP contribution in [-0.4, -0.2) is 72.9 Å². The largest absolute Gasteiger partial charge is 0.573 e. The molecule has 1 aromatic carbocycles. The van der Waals surface area contributed by atoms with Crippen molar-refractivity contribution in [2.24, 2.45) is 0 Å². The van der Waals surface area contributed by atoms with Crippen molar-refractivity contribution in [2.75, 3.05) is 39.9 Å². The molecule has 2 aromatic rings. The van der Waals surface area contributed by atoms with Gasteiger partial charge in [0, 0.05) is 38.9 Å². The average molecular weight is 550 g/mol. The molecule has 2 heterocycles. The normalized spacial score (nSPS) is 15.4. The zero-order valence-electron chi connectivity index (χ0n) is 22.3. The van der Waals surface area contributed by atoms with Gasteiger partial charge in [-0.15, -0.1) is 13.2 Å². The zero-order valence-corrected chi connectivity index (χ0v) is 22.3. The first kappa shape index (κ1) is 29.9. The highest BCUT2D eigenvalue weighted by Crippen LogP contribution is 2.24. The Bertz CT molecular complexity index is 1180. The first-order valence-corrected chi connectivity index (χ1v) is 12.7. The van der Waals surface area contributed by atoms with Crippen LogP contribution in [0.5, 0.6) is 5.75 Å². The fourth-order valence-corrected chi connectivity index (χ4v) is 4.28. The van der Waals surface area contributed by atoms with E-state index in [2.05, 4.69) is 29.8 Å². The van der Waals surface area contributed by atoms with Crippen LogP contribution in [0.1, 0.15) is 43.1 Å². The standard InChI is InChI=1S/C27H34F3N5O4/c1-19(2)25-23(32-18-35(25)9-5-8-34-10-12-38-13-11-34)16-21(17-36)33-26(37)24(31-3)15-20-6-4-7-22(14-20)39-27(28,29)30/h4,6-7,14-19,31H,5,8-13H2,1-3H3,(H,33,37)/b21-16-,24-15-. The van der Waals surface area contributed by atoms with Crippen molar-refractivity contribution >= 4 is 24.3 Å². The Morgan fingerprint density at radius 1 is 1.21 bits per heavy atom. The number of morpholine rings is 1. The molecule has 39 heavy (non-hydrogen) atoms. The minimum atomic E-state index is -4.83. The Kier molecular flexibility index (Phi) is 10.7. The molecule has 1 aromatic heterocycles. The number of benzene rings is 1. The molecule has 9 nitrogen and oxygen atoms in total. The number of nitrogens with zero attached hydrogens (tertiary/aromatic N) is 3.